The zero-order valence-electron chi connectivity index (χ0n) is 5.98. The van der Waals surface area contributed by atoms with Crippen molar-refractivity contribution in [2.24, 2.45) is 0 Å². The zero-order valence-corrected chi connectivity index (χ0v) is 6.79. The molecule has 0 unspecified atom stereocenters. The Hall–Kier alpha value is -0.170. The summed E-state index contributed by atoms with van der Waals surface area (Å²) >= 11 is 1.85. The highest BCUT2D eigenvalue weighted by molar-refractivity contribution is 8.02. The van der Waals surface area contributed by atoms with Gasteiger partial charge in [-0.1, -0.05) is 17.7 Å². The van der Waals surface area contributed by atoms with E-state index in [9.17, 15) is 0 Å². The van der Waals surface area contributed by atoms with Gasteiger partial charge in [0.15, 0.2) is 0 Å². The monoisotopic (exact) mass is 140 g/mol. The molecule has 0 aromatic carbocycles. The first kappa shape index (κ1) is 6.94. The lowest BCUT2D eigenvalue weighted by Crippen LogP contribution is -1.86. The third-order valence-corrected chi connectivity index (χ3v) is 2.52. The van der Waals surface area contributed by atoms with E-state index >= 15 is 0 Å². The van der Waals surface area contributed by atoms with Gasteiger partial charge in [-0.25, -0.2) is 0 Å². The van der Waals surface area contributed by atoms with E-state index < -0.39 is 0 Å². The van der Waals surface area contributed by atoms with Gasteiger partial charge in [0.2, 0.25) is 0 Å². The summed E-state index contributed by atoms with van der Waals surface area (Å²) in [6.07, 6.45) is 9.10. The average molecular weight is 140 g/mol. The van der Waals surface area contributed by atoms with Crippen LogP contribution in [0.1, 0.15) is 19.8 Å². The van der Waals surface area contributed by atoms with Gasteiger partial charge in [-0.15, -0.1) is 11.8 Å². The molecule has 0 N–H and O–H groups in total. The van der Waals surface area contributed by atoms with Crippen molar-refractivity contribution in [1.82, 2.24) is 0 Å². The predicted molar refractivity (Wildman–Crippen MR) is 44.6 cm³/mol. The zero-order chi connectivity index (χ0) is 6.69. The summed E-state index contributed by atoms with van der Waals surface area (Å²) in [6.45, 7) is 2.22. The van der Waals surface area contributed by atoms with E-state index in [0.717, 1.165) is 0 Å². The fourth-order valence-corrected chi connectivity index (χ4v) is 1.68. The maximum Gasteiger partial charge on any atom is 0.00552 e. The second kappa shape index (κ2) is 3.11. The summed E-state index contributed by atoms with van der Waals surface area (Å²) in [5.74, 6) is 0. The van der Waals surface area contributed by atoms with Gasteiger partial charge < -0.3 is 0 Å². The number of thioether (sulfide) groups is 1. The fourth-order valence-electron chi connectivity index (χ4n) is 0.998. The first-order valence-electron chi connectivity index (χ1n) is 3.25. The quantitative estimate of drug-likeness (QED) is 0.539. The topological polar surface area (TPSA) is 0 Å². The largest absolute Gasteiger partial charge is 0.130 e. The van der Waals surface area contributed by atoms with Crippen molar-refractivity contribution in [1.29, 1.82) is 0 Å². The molecular weight excluding hydrogens is 128 g/mol. The summed E-state index contributed by atoms with van der Waals surface area (Å²) < 4.78 is 0. The third-order valence-electron chi connectivity index (χ3n) is 1.60. The maximum absolute atomic E-state index is 2.25. The van der Waals surface area contributed by atoms with Gasteiger partial charge in [0.25, 0.3) is 0 Å². The van der Waals surface area contributed by atoms with Gasteiger partial charge in [-0.3, -0.25) is 0 Å². The minimum Gasteiger partial charge on any atom is -0.130 e. The number of hydrogen-bond donors (Lipinski definition) is 0. The van der Waals surface area contributed by atoms with E-state index in [1.165, 1.54) is 17.7 Å². The molecule has 9 heavy (non-hydrogen) atoms. The van der Waals surface area contributed by atoms with Crippen molar-refractivity contribution < 1.29 is 0 Å². The molecule has 1 heteroatoms. The molecule has 0 heterocycles. The standard InChI is InChI=1S/C8H12S/c1-7-5-3-4-6-8(7)9-2/h4,6H,3,5H2,1-2H3. The van der Waals surface area contributed by atoms with Crippen LogP contribution in [0, 0.1) is 0 Å². The van der Waals surface area contributed by atoms with Crippen LogP contribution < -0.4 is 0 Å². The third kappa shape index (κ3) is 1.62. The van der Waals surface area contributed by atoms with Crippen molar-refractivity contribution in [3.8, 4) is 0 Å². The summed E-state index contributed by atoms with van der Waals surface area (Å²) in [5, 5.41) is 0. The summed E-state index contributed by atoms with van der Waals surface area (Å²) in [4.78, 5) is 1.46. The van der Waals surface area contributed by atoms with Crippen molar-refractivity contribution >= 4 is 11.8 Å². The highest BCUT2D eigenvalue weighted by Gasteiger charge is 2.00. The number of hydrogen-bond acceptors (Lipinski definition) is 1. The molecule has 1 aliphatic carbocycles. The van der Waals surface area contributed by atoms with Gasteiger partial charge in [0.1, 0.15) is 0 Å². The summed E-state index contributed by atoms with van der Waals surface area (Å²) in [7, 11) is 0. The lowest BCUT2D eigenvalue weighted by Gasteiger charge is -2.08. The SMILES string of the molecule is CSC1=C(C)CCC=C1. The fraction of sp³-hybridized carbons (Fsp3) is 0.500. The second-order valence-electron chi connectivity index (χ2n) is 2.29. The van der Waals surface area contributed by atoms with Crippen LogP contribution in [0.25, 0.3) is 0 Å². The molecule has 0 aliphatic heterocycles. The van der Waals surface area contributed by atoms with E-state index in [4.69, 9.17) is 0 Å². The van der Waals surface area contributed by atoms with Crippen molar-refractivity contribution in [2.75, 3.05) is 6.26 Å². The molecule has 0 aromatic heterocycles. The molecule has 0 radical (unpaired) electrons. The van der Waals surface area contributed by atoms with Gasteiger partial charge in [0.05, 0.1) is 0 Å². The Morgan fingerprint density at radius 1 is 1.56 bits per heavy atom. The molecule has 1 aliphatic rings. The molecule has 50 valence electrons. The summed E-state index contributed by atoms with van der Waals surface area (Å²) in [5.41, 5.74) is 1.55. The molecule has 0 fully saturated rings. The molecule has 0 saturated heterocycles. The van der Waals surface area contributed by atoms with Crippen molar-refractivity contribution in [3.05, 3.63) is 22.6 Å². The Morgan fingerprint density at radius 3 is 2.78 bits per heavy atom. The Balaban J connectivity index is 2.72. The lowest BCUT2D eigenvalue weighted by molar-refractivity contribution is 0.957. The Morgan fingerprint density at radius 2 is 2.33 bits per heavy atom. The first-order chi connectivity index (χ1) is 4.34. The second-order valence-corrected chi connectivity index (χ2v) is 3.14. The molecular formula is C8H12S. The van der Waals surface area contributed by atoms with Crippen LogP contribution in [0.3, 0.4) is 0 Å². The predicted octanol–water partition coefficient (Wildman–Crippen LogP) is 2.97. The number of rotatable bonds is 1. The Labute approximate surface area is 61.0 Å². The van der Waals surface area contributed by atoms with Crippen LogP contribution in [0.15, 0.2) is 22.6 Å². The van der Waals surface area contributed by atoms with Gasteiger partial charge >= 0.3 is 0 Å². The maximum atomic E-state index is 2.25. The molecule has 0 atom stereocenters. The molecule has 0 spiro atoms. The van der Waals surface area contributed by atoms with Crippen molar-refractivity contribution in [3.63, 3.8) is 0 Å². The molecule has 0 nitrogen and oxygen atoms in total. The summed E-state index contributed by atoms with van der Waals surface area (Å²) in [6, 6.07) is 0. The van der Waals surface area contributed by atoms with Crippen LogP contribution in [0.2, 0.25) is 0 Å². The van der Waals surface area contributed by atoms with Crippen LogP contribution in [-0.4, -0.2) is 6.26 Å². The first-order valence-corrected chi connectivity index (χ1v) is 4.47. The van der Waals surface area contributed by atoms with E-state index in [2.05, 4.69) is 25.3 Å². The Bertz CT molecular complexity index is 154. The smallest absolute Gasteiger partial charge is 0.00552 e. The van der Waals surface area contributed by atoms with Crippen LogP contribution in [0.5, 0.6) is 0 Å². The normalized spacial score (nSPS) is 18.9. The highest BCUT2D eigenvalue weighted by Crippen LogP contribution is 2.25. The molecule has 0 amide bonds. The number of allylic oxidation sites excluding steroid dienone is 3. The Kier molecular flexibility index (Phi) is 2.40. The average Bonchev–Trinajstić information content (AvgIpc) is 1.89. The van der Waals surface area contributed by atoms with Crippen LogP contribution in [0.4, 0.5) is 0 Å². The molecule has 1 rings (SSSR count). The van der Waals surface area contributed by atoms with Crippen LogP contribution >= 0.6 is 11.8 Å². The van der Waals surface area contributed by atoms with Gasteiger partial charge in [-0.2, -0.15) is 0 Å². The van der Waals surface area contributed by atoms with Crippen LogP contribution in [-0.2, 0) is 0 Å². The van der Waals surface area contributed by atoms with Crippen molar-refractivity contribution in [2.45, 2.75) is 19.8 Å². The minimum absolute atomic E-state index is 1.23. The van der Waals surface area contributed by atoms with E-state index in [-0.39, 0.29) is 0 Å². The van der Waals surface area contributed by atoms with E-state index in [1.54, 1.807) is 5.57 Å². The van der Waals surface area contributed by atoms with Gasteiger partial charge in [0, 0.05) is 4.91 Å². The minimum atomic E-state index is 1.23. The van der Waals surface area contributed by atoms with E-state index in [0.29, 0.717) is 0 Å². The molecule has 0 bridgehead atoms. The lowest BCUT2D eigenvalue weighted by atomic mass is 10.1. The van der Waals surface area contributed by atoms with E-state index in [1.807, 2.05) is 11.8 Å². The van der Waals surface area contributed by atoms with Gasteiger partial charge in [-0.05, 0) is 26.0 Å². The highest BCUT2D eigenvalue weighted by atomic mass is 32.2. The molecule has 0 aromatic rings. The molecule has 0 saturated carbocycles.